The van der Waals surface area contributed by atoms with Crippen molar-refractivity contribution in [1.82, 2.24) is 4.90 Å². The maximum atomic E-state index is 12.2. The summed E-state index contributed by atoms with van der Waals surface area (Å²) in [6.07, 6.45) is 3.62. The van der Waals surface area contributed by atoms with E-state index < -0.39 is 0 Å². The van der Waals surface area contributed by atoms with Gasteiger partial charge in [-0.2, -0.15) is 0 Å². The summed E-state index contributed by atoms with van der Waals surface area (Å²) in [5.74, 6) is 0.746. The van der Waals surface area contributed by atoms with E-state index in [1.165, 1.54) is 12.8 Å². The van der Waals surface area contributed by atoms with Crippen molar-refractivity contribution in [3.8, 4) is 0 Å². The maximum Gasteiger partial charge on any atom is 0.255 e. The third-order valence-corrected chi connectivity index (χ3v) is 3.83. The van der Waals surface area contributed by atoms with Crippen LogP contribution in [0.25, 0.3) is 0 Å². The van der Waals surface area contributed by atoms with Crippen LogP contribution in [0.15, 0.2) is 18.2 Å². The minimum absolute atomic E-state index is 0.00446. The summed E-state index contributed by atoms with van der Waals surface area (Å²) in [4.78, 5) is 13.8. The van der Waals surface area contributed by atoms with Gasteiger partial charge < -0.3 is 10.2 Å². The zero-order chi connectivity index (χ0) is 14.0. The van der Waals surface area contributed by atoms with E-state index in [2.05, 4.69) is 12.2 Å². The number of nitrogens with zero attached hydrogens (tertiary/aromatic N) is 1. The molecule has 104 valence electrons. The molecule has 3 nitrogen and oxygen atoms in total. The van der Waals surface area contributed by atoms with Crippen LogP contribution in [0, 0.1) is 5.92 Å². The molecule has 0 saturated heterocycles. The number of hydrogen-bond acceptors (Lipinski definition) is 2. The third kappa shape index (κ3) is 3.41. The van der Waals surface area contributed by atoms with E-state index in [0.717, 1.165) is 18.0 Å². The van der Waals surface area contributed by atoms with Crippen molar-refractivity contribution >= 4 is 23.2 Å². The van der Waals surface area contributed by atoms with Gasteiger partial charge in [-0.15, -0.1) is 0 Å². The van der Waals surface area contributed by atoms with E-state index in [-0.39, 0.29) is 5.91 Å². The minimum atomic E-state index is 0.00446. The zero-order valence-corrected chi connectivity index (χ0v) is 12.5. The summed E-state index contributed by atoms with van der Waals surface area (Å²) < 4.78 is 0. The largest absolute Gasteiger partial charge is 0.381 e. The lowest BCUT2D eigenvalue weighted by Gasteiger charge is -2.21. The van der Waals surface area contributed by atoms with E-state index in [9.17, 15) is 4.79 Å². The molecule has 4 heteroatoms. The molecule has 1 amide bonds. The topological polar surface area (TPSA) is 32.3 Å². The van der Waals surface area contributed by atoms with Crippen molar-refractivity contribution in [3.63, 3.8) is 0 Å². The molecule has 19 heavy (non-hydrogen) atoms. The lowest BCUT2D eigenvalue weighted by atomic mass is 10.1. The van der Waals surface area contributed by atoms with Gasteiger partial charge in [-0.3, -0.25) is 4.79 Å². The Morgan fingerprint density at radius 1 is 1.47 bits per heavy atom. The molecule has 1 saturated carbocycles. The predicted molar refractivity (Wildman–Crippen MR) is 79.9 cm³/mol. The Kier molecular flexibility index (Phi) is 4.35. The Hall–Kier alpha value is -1.22. The minimum Gasteiger partial charge on any atom is -0.381 e. The SMILES string of the molecule is CCC(Nc1cc(Cl)ccc1C(=O)N(C)C)C1CC1. The van der Waals surface area contributed by atoms with Crippen molar-refractivity contribution < 1.29 is 4.79 Å². The number of amides is 1. The fourth-order valence-electron chi connectivity index (χ4n) is 2.31. The molecular formula is C15H21ClN2O. The van der Waals surface area contributed by atoms with Crippen LogP contribution < -0.4 is 5.32 Å². The third-order valence-electron chi connectivity index (χ3n) is 3.59. The van der Waals surface area contributed by atoms with Gasteiger partial charge in [0.15, 0.2) is 0 Å². The second-order valence-electron chi connectivity index (χ2n) is 5.39. The van der Waals surface area contributed by atoms with Crippen LogP contribution in [0.5, 0.6) is 0 Å². The molecule has 0 spiro atoms. The Morgan fingerprint density at radius 2 is 2.16 bits per heavy atom. The fourth-order valence-corrected chi connectivity index (χ4v) is 2.49. The first-order chi connectivity index (χ1) is 9.02. The summed E-state index contributed by atoms with van der Waals surface area (Å²) in [7, 11) is 3.53. The fraction of sp³-hybridized carbons (Fsp3) is 0.533. The summed E-state index contributed by atoms with van der Waals surface area (Å²) in [5, 5.41) is 4.16. The molecule has 2 rings (SSSR count). The van der Waals surface area contributed by atoms with Crippen molar-refractivity contribution in [2.75, 3.05) is 19.4 Å². The van der Waals surface area contributed by atoms with Crippen molar-refractivity contribution in [1.29, 1.82) is 0 Å². The first kappa shape index (κ1) is 14.2. The van der Waals surface area contributed by atoms with Crippen LogP contribution in [0.4, 0.5) is 5.69 Å². The number of hydrogen-bond donors (Lipinski definition) is 1. The second kappa shape index (κ2) is 5.83. The van der Waals surface area contributed by atoms with Gasteiger partial charge in [-0.1, -0.05) is 18.5 Å². The lowest BCUT2D eigenvalue weighted by Crippen LogP contribution is -2.26. The molecule has 0 aliphatic heterocycles. The van der Waals surface area contributed by atoms with Gasteiger partial charge in [-0.25, -0.2) is 0 Å². The van der Waals surface area contributed by atoms with Crippen LogP contribution in [0.2, 0.25) is 5.02 Å². The number of benzene rings is 1. The molecule has 1 aromatic carbocycles. The van der Waals surface area contributed by atoms with Crippen LogP contribution in [0.1, 0.15) is 36.5 Å². The monoisotopic (exact) mass is 280 g/mol. The quantitative estimate of drug-likeness (QED) is 0.893. The zero-order valence-electron chi connectivity index (χ0n) is 11.7. The smallest absolute Gasteiger partial charge is 0.255 e. The first-order valence-electron chi connectivity index (χ1n) is 6.80. The highest BCUT2D eigenvalue weighted by Crippen LogP contribution is 2.36. The van der Waals surface area contributed by atoms with E-state index in [4.69, 9.17) is 11.6 Å². The molecule has 0 aromatic heterocycles. The Bertz CT molecular complexity index is 469. The van der Waals surface area contributed by atoms with Crippen LogP contribution in [-0.4, -0.2) is 30.9 Å². The van der Waals surface area contributed by atoms with Crippen molar-refractivity contribution in [2.24, 2.45) is 5.92 Å². The number of anilines is 1. The van der Waals surface area contributed by atoms with Gasteiger partial charge >= 0.3 is 0 Å². The number of rotatable bonds is 5. The van der Waals surface area contributed by atoms with Gasteiger partial charge in [0.25, 0.3) is 5.91 Å². The van der Waals surface area contributed by atoms with E-state index >= 15 is 0 Å². The van der Waals surface area contributed by atoms with Gasteiger partial charge in [0.1, 0.15) is 0 Å². The molecule has 0 bridgehead atoms. The highest BCUT2D eigenvalue weighted by Gasteiger charge is 2.30. The summed E-state index contributed by atoms with van der Waals surface area (Å²) >= 11 is 6.06. The standard InChI is InChI=1S/C15H21ClN2O/c1-4-13(10-5-6-10)17-14-9-11(16)7-8-12(14)15(19)18(2)3/h7-10,13,17H,4-6H2,1-3H3. The van der Waals surface area contributed by atoms with Crippen LogP contribution in [-0.2, 0) is 0 Å². The molecular weight excluding hydrogens is 260 g/mol. The van der Waals surface area contributed by atoms with Crippen LogP contribution >= 0.6 is 11.6 Å². The number of halogens is 1. The summed E-state index contributed by atoms with van der Waals surface area (Å²) in [6.45, 7) is 2.17. The lowest BCUT2D eigenvalue weighted by molar-refractivity contribution is 0.0828. The predicted octanol–water partition coefficient (Wildman–Crippen LogP) is 3.64. The Balaban J connectivity index is 2.26. The average Bonchev–Trinajstić information content (AvgIpc) is 3.19. The molecule has 0 radical (unpaired) electrons. The Labute approximate surface area is 119 Å². The highest BCUT2D eigenvalue weighted by atomic mass is 35.5. The molecule has 1 N–H and O–H groups in total. The highest BCUT2D eigenvalue weighted by molar-refractivity contribution is 6.31. The van der Waals surface area contributed by atoms with Crippen molar-refractivity contribution in [3.05, 3.63) is 28.8 Å². The number of carbonyl (C=O) groups is 1. The molecule has 1 unspecified atom stereocenters. The summed E-state index contributed by atoms with van der Waals surface area (Å²) in [5.41, 5.74) is 1.54. The molecule has 1 aliphatic rings. The second-order valence-corrected chi connectivity index (χ2v) is 5.82. The van der Waals surface area contributed by atoms with Gasteiger partial charge in [0, 0.05) is 30.8 Å². The molecule has 1 fully saturated rings. The number of nitrogens with one attached hydrogen (secondary N) is 1. The van der Waals surface area contributed by atoms with Gasteiger partial charge in [-0.05, 0) is 43.4 Å². The summed E-state index contributed by atoms with van der Waals surface area (Å²) in [6, 6.07) is 5.85. The van der Waals surface area contributed by atoms with Crippen molar-refractivity contribution in [2.45, 2.75) is 32.2 Å². The maximum absolute atomic E-state index is 12.2. The molecule has 1 atom stereocenters. The Morgan fingerprint density at radius 3 is 2.68 bits per heavy atom. The van der Waals surface area contributed by atoms with Gasteiger partial charge in [0.2, 0.25) is 0 Å². The molecule has 1 aliphatic carbocycles. The molecule has 1 aromatic rings. The van der Waals surface area contributed by atoms with E-state index in [1.807, 2.05) is 6.07 Å². The van der Waals surface area contributed by atoms with E-state index in [1.54, 1.807) is 31.1 Å². The molecule has 0 heterocycles. The van der Waals surface area contributed by atoms with Gasteiger partial charge in [0.05, 0.1) is 5.56 Å². The van der Waals surface area contributed by atoms with E-state index in [0.29, 0.717) is 16.6 Å². The average molecular weight is 281 g/mol. The first-order valence-corrected chi connectivity index (χ1v) is 7.18. The number of carbonyl (C=O) groups excluding carboxylic acids is 1. The van der Waals surface area contributed by atoms with Crippen LogP contribution in [0.3, 0.4) is 0 Å². The normalized spacial score (nSPS) is 16.0.